The van der Waals surface area contributed by atoms with Crippen LogP contribution >= 0.6 is 0 Å². The van der Waals surface area contributed by atoms with Gasteiger partial charge in [0.25, 0.3) is 0 Å². The van der Waals surface area contributed by atoms with E-state index >= 15 is 0 Å². The van der Waals surface area contributed by atoms with Gasteiger partial charge in [0.1, 0.15) is 5.60 Å². The molecule has 0 atom stereocenters. The van der Waals surface area contributed by atoms with E-state index in [9.17, 15) is 9.59 Å². The molecule has 0 aliphatic rings. The largest absolute Gasteiger partial charge is 0.450 e. The third-order valence-electron chi connectivity index (χ3n) is 2.50. The molecule has 1 radical (unpaired) electrons. The van der Waals surface area contributed by atoms with Crippen molar-refractivity contribution in [2.24, 2.45) is 11.8 Å². The molecule has 0 aromatic rings. The van der Waals surface area contributed by atoms with Crippen LogP contribution in [0.4, 0.5) is 9.59 Å². The number of alkyl carbamates (subject to hydrolysis) is 2. The van der Waals surface area contributed by atoms with Crippen LogP contribution in [0.2, 0.25) is 0 Å². The molecule has 0 heterocycles. The Morgan fingerprint density at radius 3 is 1.61 bits per heavy atom. The van der Waals surface area contributed by atoms with Crippen LogP contribution in [0.5, 0.6) is 0 Å². The van der Waals surface area contributed by atoms with Gasteiger partial charge in [-0.15, -0.1) is 0 Å². The normalized spacial score (nSPS) is 9.00. The molecule has 7 heteroatoms. The van der Waals surface area contributed by atoms with E-state index in [0.29, 0.717) is 25.6 Å². The first-order valence-electron chi connectivity index (χ1n) is 11.1. The molecule has 0 spiro atoms. The fourth-order valence-corrected chi connectivity index (χ4v) is 1.12. The molecule has 0 fully saturated rings. The standard InChI is InChI=1S/C11H22N2O4.C7H12.C4H10.C3H7.CH3.Au/c1-5-8-16-9(14)12-6-7-13-10(15)17-11(2,3)4;1-5-7(4)6(2)3;1-4(2)3;1-3-2;;/h5-8H2,1-4H3,(H,12,14)(H,13,15);5-6H,1,4H2,2-3H3;4H,1-3H3;3H,1-2H3;1H3;/q;;;2*-1;. The Morgan fingerprint density at radius 1 is 1.00 bits per heavy atom. The van der Waals surface area contributed by atoms with Crippen LogP contribution in [0.25, 0.3) is 0 Å². The minimum Gasteiger partial charge on any atom is -0.450 e. The van der Waals surface area contributed by atoms with Crippen LogP contribution in [-0.2, 0) is 31.9 Å². The fourth-order valence-electron chi connectivity index (χ4n) is 1.12. The third kappa shape index (κ3) is 59.0. The van der Waals surface area contributed by atoms with Gasteiger partial charge >= 0.3 is 12.2 Å². The molecule has 0 aliphatic heterocycles. The second kappa shape index (κ2) is 30.8. The minimum atomic E-state index is -0.516. The zero-order chi connectivity index (χ0) is 25.5. The summed E-state index contributed by atoms with van der Waals surface area (Å²) in [6, 6.07) is 0. The monoisotopic (exact) mass is 655 g/mol. The molecule has 6 nitrogen and oxygen atoms in total. The number of amides is 2. The summed E-state index contributed by atoms with van der Waals surface area (Å²) in [4.78, 5) is 22.2. The van der Waals surface area contributed by atoms with Crippen molar-refractivity contribution in [1.29, 1.82) is 0 Å². The summed E-state index contributed by atoms with van der Waals surface area (Å²) < 4.78 is 9.80. The maximum absolute atomic E-state index is 11.2. The third-order valence-corrected chi connectivity index (χ3v) is 2.50. The molecule has 2 amide bonds. The van der Waals surface area contributed by atoms with Crippen molar-refractivity contribution in [1.82, 2.24) is 10.6 Å². The van der Waals surface area contributed by atoms with Gasteiger partial charge in [0.05, 0.1) is 6.61 Å². The number of carbonyl (C=O) groups is 2. The van der Waals surface area contributed by atoms with Gasteiger partial charge in [-0.1, -0.05) is 66.3 Å². The molecule has 0 aromatic carbocycles. The Bertz CT molecular complexity index is 457. The summed E-state index contributed by atoms with van der Waals surface area (Å²) in [6.45, 7) is 30.3. The molecule has 2 N–H and O–H groups in total. The van der Waals surface area contributed by atoms with E-state index in [-0.39, 0.29) is 29.8 Å². The molecule has 0 rings (SSSR count). The van der Waals surface area contributed by atoms with Crippen LogP contribution in [0.1, 0.15) is 82.6 Å². The van der Waals surface area contributed by atoms with Gasteiger partial charge in [-0.3, -0.25) is 0 Å². The van der Waals surface area contributed by atoms with Crippen LogP contribution in [-0.4, -0.2) is 37.5 Å². The zero-order valence-corrected chi connectivity index (χ0v) is 25.7. The van der Waals surface area contributed by atoms with Gasteiger partial charge in [-0.05, 0) is 39.0 Å². The van der Waals surface area contributed by atoms with Crippen LogP contribution in [0, 0.1) is 25.7 Å². The van der Waals surface area contributed by atoms with Crippen molar-refractivity contribution in [3.63, 3.8) is 0 Å². The zero-order valence-electron chi connectivity index (χ0n) is 23.5. The summed E-state index contributed by atoms with van der Waals surface area (Å²) in [7, 11) is 0. The second-order valence-corrected chi connectivity index (χ2v) is 8.73. The number of nitrogens with one attached hydrogen (secondary N) is 2. The van der Waals surface area contributed by atoms with Gasteiger partial charge in [0, 0.05) is 35.5 Å². The number of ether oxygens (including phenoxy) is 2. The number of carbonyl (C=O) groups excluding carboxylic acids is 2. The predicted octanol–water partition coefficient (Wildman–Crippen LogP) is 7.37. The van der Waals surface area contributed by atoms with Crippen molar-refractivity contribution in [3.05, 3.63) is 38.7 Å². The number of hydrogen-bond acceptors (Lipinski definition) is 4. The topological polar surface area (TPSA) is 76.7 Å². The minimum absolute atomic E-state index is 0. The molecule has 0 aromatic heterocycles. The first-order valence-corrected chi connectivity index (χ1v) is 11.1. The molecule has 0 unspecified atom stereocenters. The average molecular weight is 656 g/mol. The van der Waals surface area contributed by atoms with Crippen LogP contribution < -0.4 is 10.6 Å². The Hall–Kier alpha value is -1.24. The Kier molecular flexibility index (Phi) is 42.2. The summed E-state index contributed by atoms with van der Waals surface area (Å²) in [5, 5.41) is 5.02. The van der Waals surface area contributed by atoms with E-state index in [0.717, 1.165) is 17.9 Å². The molecular formula is C26H54AuN2O4-2. The van der Waals surface area contributed by atoms with E-state index in [1.807, 2.05) is 27.2 Å². The average Bonchev–Trinajstić information content (AvgIpc) is 2.62. The van der Waals surface area contributed by atoms with Crippen LogP contribution in [0.15, 0.2) is 24.8 Å². The van der Waals surface area contributed by atoms with Gasteiger partial charge < -0.3 is 34.0 Å². The van der Waals surface area contributed by atoms with Gasteiger partial charge in [0.2, 0.25) is 0 Å². The van der Waals surface area contributed by atoms with E-state index in [1.54, 1.807) is 26.8 Å². The summed E-state index contributed by atoms with van der Waals surface area (Å²) in [5.41, 5.74) is 0.595. The van der Waals surface area contributed by atoms with E-state index in [2.05, 4.69) is 58.4 Å². The Balaban J connectivity index is -0.0000000946. The molecular weight excluding hydrogens is 601 g/mol. The summed E-state index contributed by atoms with van der Waals surface area (Å²) >= 11 is 0. The maximum atomic E-state index is 11.2. The smallest absolute Gasteiger partial charge is 0.407 e. The molecule has 0 aliphatic carbocycles. The first-order chi connectivity index (χ1) is 14.2. The van der Waals surface area contributed by atoms with Gasteiger partial charge in [-0.25, -0.2) is 9.59 Å². The summed E-state index contributed by atoms with van der Waals surface area (Å²) in [6.07, 6.45) is 3.60. The molecule has 0 saturated heterocycles. The summed E-state index contributed by atoms with van der Waals surface area (Å²) in [5.74, 6) is 1.39. The molecule has 33 heavy (non-hydrogen) atoms. The fraction of sp³-hybridized carbons (Fsp3) is 0.692. The SMILES string of the molecule is C=CC(=C)C(C)C.CC(C)C.CCCOC(=O)NCCNC(=O)OC(C)(C)C.C[CH-]C.[Au].[CH3-]. The van der Waals surface area contributed by atoms with E-state index in [4.69, 9.17) is 9.47 Å². The van der Waals surface area contributed by atoms with Crippen molar-refractivity contribution in [2.45, 2.75) is 88.2 Å². The van der Waals surface area contributed by atoms with Gasteiger partial charge in [-0.2, -0.15) is 13.8 Å². The number of allylic oxidation sites excluding steroid dienone is 2. The Morgan fingerprint density at radius 2 is 1.36 bits per heavy atom. The number of hydrogen-bond donors (Lipinski definition) is 2. The first kappa shape index (κ1) is 45.3. The predicted molar refractivity (Wildman–Crippen MR) is 141 cm³/mol. The molecule has 205 valence electrons. The van der Waals surface area contributed by atoms with E-state index < -0.39 is 17.8 Å². The van der Waals surface area contributed by atoms with Crippen molar-refractivity contribution < 1.29 is 41.4 Å². The van der Waals surface area contributed by atoms with Crippen molar-refractivity contribution in [3.8, 4) is 0 Å². The maximum Gasteiger partial charge on any atom is 0.407 e. The second-order valence-electron chi connectivity index (χ2n) is 8.73. The van der Waals surface area contributed by atoms with Crippen molar-refractivity contribution >= 4 is 12.2 Å². The Labute approximate surface area is 222 Å². The van der Waals surface area contributed by atoms with Crippen molar-refractivity contribution in [2.75, 3.05) is 19.7 Å². The quantitative estimate of drug-likeness (QED) is 0.130. The number of rotatable bonds is 7. The van der Waals surface area contributed by atoms with Crippen LogP contribution in [0.3, 0.4) is 0 Å². The van der Waals surface area contributed by atoms with Gasteiger partial charge in [0.15, 0.2) is 0 Å². The molecule has 0 bridgehead atoms. The van der Waals surface area contributed by atoms with E-state index in [1.165, 1.54) is 0 Å². The molecule has 0 saturated carbocycles.